The van der Waals surface area contributed by atoms with Crippen molar-refractivity contribution in [3.8, 4) is 0 Å². The predicted molar refractivity (Wildman–Crippen MR) is 64.6 cm³/mol. The summed E-state index contributed by atoms with van der Waals surface area (Å²) >= 11 is 0. The minimum atomic E-state index is -0.868. The maximum Gasteiger partial charge on any atom is 0.308 e. The fraction of sp³-hybridized carbons (Fsp3) is 0.385. The number of rotatable bonds is 6. The minimum Gasteiger partial charge on any atom is -0.481 e. The number of aliphatic carboxylic acids is 1. The Labute approximate surface area is 101 Å². The Kier molecular flexibility index (Phi) is 5.20. The molecule has 1 rings (SSSR count). The Morgan fingerprint density at radius 2 is 1.94 bits per heavy atom. The van der Waals surface area contributed by atoms with Gasteiger partial charge in [-0.25, -0.2) is 0 Å². The molecule has 0 aliphatic carbocycles. The summed E-state index contributed by atoms with van der Waals surface area (Å²) in [6.45, 7) is 1.99. The molecule has 0 aliphatic rings. The van der Waals surface area contributed by atoms with Gasteiger partial charge in [0.2, 0.25) is 5.91 Å². The number of carbonyl (C=O) groups is 2. The van der Waals surface area contributed by atoms with Crippen LogP contribution in [0.25, 0.3) is 0 Å². The third kappa shape index (κ3) is 4.68. The highest BCUT2D eigenvalue weighted by atomic mass is 16.4. The molecule has 1 aromatic carbocycles. The number of nitrogens with one attached hydrogen (secondary N) is 1. The summed E-state index contributed by atoms with van der Waals surface area (Å²) in [5, 5.41) is 11.5. The highest BCUT2D eigenvalue weighted by molar-refractivity contribution is 5.79. The van der Waals surface area contributed by atoms with Gasteiger partial charge >= 0.3 is 5.97 Å². The first-order valence-corrected chi connectivity index (χ1v) is 5.67. The zero-order valence-corrected chi connectivity index (χ0v) is 9.85. The van der Waals surface area contributed by atoms with Crippen LogP contribution in [0.1, 0.15) is 18.9 Å². The normalized spacial score (nSPS) is 11.8. The lowest BCUT2D eigenvalue weighted by Crippen LogP contribution is -2.33. The van der Waals surface area contributed by atoms with Gasteiger partial charge in [-0.15, -0.1) is 0 Å². The molecule has 1 aromatic rings. The van der Waals surface area contributed by atoms with Crippen LogP contribution < -0.4 is 5.32 Å². The van der Waals surface area contributed by atoms with Crippen LogP contribution >= 0.6 is 0 Å². The molecule has 0 radical (unpaired) electrons. The van der Waals surface area contributed by atoms with E-state index in [4.69, 9.17) is 5.11 Å². The van der Waals surface area contributed by atoms with Gasteiger partial charge in [-0.2, -0.15) is 0 Å². The van der Waals surface area contributed by atoms with Crippen molar-refractivity contribution in [3.05, 3.63) is 35.9 Å². The molecule has 0 bridgehead atoms. The van der Waals surface area contributed by atoms with E-state index >= 15 is 0 Å². The van der Waals surface area contributed by atoms with Gasteiger partial charge in [0.1, 0.15) is 0 Å². The highest BCUT2D eigenvalue weighted by Gasteiger charge is 2.15. The fourth-order valence-corrected chi connectivity index (χ4v) is 1.49. The molecule has 0 fully saturated rings. The number of benzene rings is 1. The van der Waals surface area contributed by atoms with Crippen LogP contribution in [0.15, 0.2) is 30.3 Å². The van der Waals surface area contributed by atoms with Crippen molar-refractivity contribution < 1.29 is 14.7 Å². The van der Waals surface area contributed by atoms with Crippen LogP contribution in [0.4, 0.5) is 0 Å². The summed E-state index contributed by atoms with van der Waals surface area (Å²) < 4.78 is 0. The molecular weight excluding hydrogens is 218 g/mol. The van der Waals surface area contributed by atoms with E-state index in [1.54, 1.807) is 6.92 Å². The SMILES string of the molecule is CCC(CNC(=O)Cc1ccccc1)C(=O)O. The second-order valence-electron chi connectivity index (χ2n) is 3.91. The number of carbonyl (C=O) groups excluding carboxylic acids is 1. The van der Waals surface area contributed by atoms with Crippen LogP contribution in [0, 0.1) is 5.92 Å². The third-order valence-corrected chi connectivity index (χ3v) is 2.60. The monoisotopic (exact) mass is 235 g/mol. The smallest absolute Gasteiger partial charge is 0.308 e. The average Bonchev–Trinajstić information content (AvgIpc) is 2.30. The second kappa shape index (κ2) is 6.68. The minimum absolute atomic E-state index is 0.143. The van der Waals surface area contributed by atoms with E-state index in [0.29, 0.717) is 6.42 Å². The molecule has 0 saturated heterocycles. The first-order chi connectivity index (χ1) is 8.13. The number of hydrogen-bond donors (Lipinski definition) is 2. The Morgan fingerprint density at radius 3 is 2.47 bits per heavy atom. The van der Waals surface area contributed by atoms with E-state index in [9.17, 15) is 9.59 Å². The van der Waals surface area contributed by atoms with Crippen LogP contribution in [0.2, 0.25) is 0 Å². The van der Waals surface area contributed by atoms with Crippen molar-refractivity contribution >= 4 is 11.9 Å². The molecule has 0 aromatic heterocycles. The quantitative estimate of drug-likeness (QED) is 0.784. The van der Waals surface area contributed by atoms with Gasteiger partial charge in [-0.3, -0.25) is 9.59 Å². The number of amides is 1. The molecule has 4 nitrogen and oxygen atoms in total. The summed E-state index contributed by atoms with van der Waals surface area (Å²) in [6, 6.07) is 9.37. The Hall–Kier alpha value is -1.84. The summed E-state index contributed by atoms with van der Waals surface area (Å²) in [6.07, 6.45) is 0.803. The number of hydrogen-bond acceptors (Lipinski definition) is 2. The van der Waals surface area contributed by atoms with Gasteiger partial charge in [-0.05, 0) is 12.0 Å². The molecule has 0 saturated carbocycles. The van der Waals surface area contributed by atoms with Crippen molar-refractivity contribution in [3.63, 3.8) is 0 Å². The van der Waals surface area contributed by atoms with Crippen molar-refractivity contribution in [2.75, 3.05) is 6.54 Å². The second-order valence-corrected chi connectivity index (χ2v) is 3.91. The number of carboxylic acid groups (broad SMARTS) is 1. The van der Waals surface area contributed by atoms with Crippen molar-refractivity contribution in [2.24, 2.45) is 5.92 Å². The van der Waals surface area contributed by atoms with E-state index in [1.165, 1.54) is 0 Å². The molecular formula is C13H17NO3. The molecule has 1 atom stereocenters. The molecule has 2 N–H and O–H groups in total. The largest absolute Gasteiger partial charge is 0.481 e. The van der Waals surface area contributed by atoms with Crippen LogP contribution in [-0.4, -0.2) is 23.5 Å². The van der Waals surface area contributed by atoms with Crippen LogP contribution in [-0.2, 0) is 16.0 Å². The topological polar surface area (TPSA) is 66.4 Å². The van der Waals surface area contributed by atoms with Gasteiger partial charge in [0, 0.05) is 6.54 Å². The highest BCUT2D eigenvalue weighted by Crippen LogP contribution is 2.02. The lowest BCUT2D eigenvalue weighted by Gasteiger charge is -2.10. The molecule has 0 heterocycles. The Bertz CT molecular complexity index is 376. The Balaban J connectivity index is 2.38. The van der Waals surface area contributed by atoms with Crippen molar-refractivity contribution in [1.82, 2.24) is 5.32 Å². The van der Waals surface area contributed by atoms with Gasteiger partial charge in [0.15, 0.2) is 0 Å². The molecule has 17 heavy (non-hydrogen) atoms. The molecule has 0 aliphatic heterocycles. The Morgan fingerprint density at radius 1 is 1.29 bits per heavy atom. The van der Waals surface area contributed by atoms with Crippen LogP contribution in [0.5, 0.6) is 0 Å². The molecule has 1 unspecified atom stereocenters. The van der Waals surface area contributed by atoms with Gasteiger partial charge in [0.25, 0.3) is 0 Å². The molecule has 4 heteroatoms. The first kappa shape index (κ1) is 13.2. The van der Waals surface area contributed by atoms with E-state index in [2.05, 4.69) is 5.32 Å². The average molecular weight is 235 g/mol. The van der Waals surface area contributed by atoms with Gasteiger partial charge < -0.3 is 10.4 Å². The van der Waals surface area contributed by atoms with Gasteiger partial charge in [-0.1, -0.05) is 37.3 Å². The van der Waals surface area contributed by atoms with E-state index in [1.807, 2.05) is 30.3 Å². The third-order valence-electron chi connectivity index (χ3n) is 2.60. The standard InChI is InChI=1S/C13H17NO3/c1-2-11(13(16)17)9-14-12(15)8-10-6-4-3-5-7-10/h3-7,11H,2,8-9H2,1H3,(H,14,15)(H,16,17). The maximum absolute atomic E-state index is 11.6. The summed E-state index contributed by atoms with van der Waals surface area (Å²) in [5.41, 5.74) is 0.924. The zero-order chi connectivity index (χ0) is 12.7. The van der Waals surface area contributed by atoms with E-state index in [0.717, 1.165) is 5.56 Å². The molecule has 0 spiro atoms. The predicted octanol–water partition coefficient (Wildman–Crippen LogP) is 1.46. The summed E-state index contributed by atoms with van der Waals surface area (Å²) in [7, 11) is 0. The van der Waals surface area contributed by atoms with Gasteiger partial charge in [0.05, 0.1) is 12.3 Å². The van der Waals surface area contributed by atoms with Crippen molar-refractivity contribution in [1.29, 1.82) is 0 Å². The first-order valence-electron chi connectivity index (χ1n) is 5.67. The summed E-state index contributed by atoms with van der Waals surface area (Å²) in [4.78, 5) is 22.3. The van der Waals surface area contributed by atoms with E-state index < -0.39 is 11.9 Å². The lowest BCUT2D eigenvalue weighted by molar-refractivity contribution is -0.141. The number of carboxylic acids is 1. The lowest BCUT2D eigenvalue weighted by atomic mass is 10.1. The zero-order valence-electron chi connectivity index (χ0n) is 9.85. The fourth-order valence-electron chi connectivity index (χ4n) is 1.49. The molecule has 92 valence electrons. The van der Waals surface area contributed by atoms with Crippen molar-refractivity contribution in [2.45, 2.75) is 19.8 Å². The molecule has 1 amide bonds. The maximum atomic E-state index is 11.6. The summed E-state index contributed by atoms with van der Waals surface area (Å²) in [5.74, 6) is -1.52. The van der Waals surface area contributed by atoms with E-state index in [-0.39, 0.29) is 18.9 Å². The van der Waals surface area contributed by atoms with Crippen LogP contribution in [0.3, 0.4) is 0 Å².